The van der Waals surface area contributed by atoms with E-state index in [0.717, 1.165) is 32.0 Å². The van der Waals surface area contributed by atoms with Gasteiger partial charge in [0.05, 0.1) is 5.60 Å². The van der Waals surface area contributed by atoms with E-state index >= 15 is 0 Å². The van der Waals surface area contributed by atoms with Gasteiger partial charge in [0.2, 0.25) is 0 Å². The zero-order chi connectivity index (χ0) is 15.2. The van der Waals surface area contributed by atoms with E-state index in [1.165, 1.54) is 32.1 Å². The van der Waals surface area contributed by atoms with E-state index in [1.807, 2.05) is 7.11 Å². The third-order valence-electron chi connectivity index (χ3n) is 5.29. The summed E-state index contributed by atoms with van der Waals surface area (Å²) < 4.78 is 5.58. The number of nitrogens with zero attached hydrogens (tertiary/aromatic N) is 1. The molecule has 3 heteroatoms. The summed E-state index contributed by atoms with van der Waals surface area (Å²) in [5.74, 6) is 0.869. The van der Waals surface area contributed by atoms with Crippen molar-refractivity contribution in [2.24, 2.45) is 11.7 Å². The average molecular weight is 284 g/mol. The van der Waals surface area contributed by atoms with Gasteiger partial charge in [-0.05, 0) is 64.8 Å². The van der Waals surface area contributed by atoms with Crippen LogP contribution in [0.25, 0.3) is 0 Å². The second-order valence-electron chi connectivity index (χ2n) is 7.31. The highest BCUT2D eigenvalue weighted by Gasteiger charge is 2.38. The number of hydrogen-bond donors (Lipinski definition) is 1. The zero-order valence-corrected chi connectivity index (χ0v) is 14.4. The Morgan fingerprint density at radius 1 is 1.25 bits per heavy atom. The molecule has 20 heavy (non-hydrogen) atoms. The number of methoxy groups -OCH3 is 1. The van der Waals surface area contributed by atoms with Crippen LogP contribution in [-0.4, -0.2) is 42.8 Å². The zero-order valence-electron chi connectivity index (χ0n) is 14.4. The topological polar surface area (TPSA) is 38.5 Å². The molecule has 1 rings (SSSR count). The van der Waals surface area contributed by atoms with Crippen LogP contribution in [0.3, 0.4) is 0 Å². The molecule has 0 heterocycles. The first-order valence-corrected chi connectivity index (χ1v) is 8.39. The minimum atomic E-state index is -0.0380. The van der Waals surface area contributed by atoms with Gasteiger partial charge in [-0.25, -0.2) is 0 Å². The average Bonchev–Trinajstić information content (AvgIpc) is 2.45. The van der Waals surface area contributed by atoms with Gasteiger partial charge in [0.15, 0.2) is 0 Å². The molecule has 0 amide bonds. The monoisotopic (exact) mass is 284 g/mol. The van der Waals surface area contributed by atoms with Crippen molar-refractivity contribution in [3.63, 3.8) is 0 Å². The van der Waals surface area contributed by atoms with Crippen molar-refractivity contribution in [3.05, 3.63) is 0 Å². The van der Waals surface area contributed by atoms with E-state index < -0.39 is 0 Å². The lowest BCUT2D eigenvalue weighted by Crippen LogP contribution is -2.56. The summed E-state index contributed by atoms with van der Waals surface area (Å²) in [5, 5.41) is 0. The molecule has 0 bridgehead atoms. The normalized spacial score (nSPS) is 28.1. The van der Waals surface area contributed by atoms with Gasteiger partial charge in [0.1, 0.15) is 0 Å². The molecule has 0 unspecified atom stereocenters. The molecule has 0 radical (unpaired) electrons. The molecule has 0 aromatic rings. The highest BCUT2D eigenvalue weighted by Crippen LogP contribution is 2.36. The van der Waals surface area contributed by atoms with E-state index in [0.29, 0.717) is 0 Å². The molecule has 0 atom stereocenters. The lowest BCUT2D eigenvalue weighted by atomic mass is 9.75. The molecule has 0 aliphatic heterocycles. The van der Waals surface area contributed by atoms with Crippen molar-refractivity contribution in [1.29, 1.82) is 0 Å². The highest BCUT2D eigenvalue weighted by atomic mass is 16.5. The fourth-order valence-corrected chi connectivity index (χ4v) is 3.31. The van der Waals surface area contributed by atoms with Crippen LogP contribution < -0.4 is 5.73 Å². The predicted molar refractivity (Wildman–Crippen MR) is 87.0 cm³/mol. The van der Waals surface area contributed by atoms with Crippen LogP contribution in [0.15, 0.2) is 0 Å². The van der Waals surface area contributed by atoms with E-state index in [2.05, 4.69) is 32.6 Å². The minimum Gasteiger partial charge on any atom is -0.379 e. The molecule has 1 aliphatic carbocycles. The maximum atomic E-state index is 6.21. The standard InChI is InChI=1S/C17H36N2O/c1-6-12-19(13-11-16(3,4)20-5)17(14-18)9-7-15(2)8-10-17/h15H,6-14,18H2,1-5H3. The molecule has 0 spiro atoms. The SMILES string of the molecule is CCCN(CCC(C)(C)OC)C1(CN)CCC(C)CC1. The summed E-state index contributed by atoms with van der Waals surface area (Å²) in [7, 11) is 1.81. The first kappa shape index (κ1) is 17.9. The second kappa shape index (κ2) is 7.77. The summed E-state index contributed by atoms with van der Waals surface area (Å²) in [6.07, 6.45) is 7.44. The Hall–Kier alpha value is -0.120. The van der Waals surface area contributed by atoms with Crippen molar-refractivity contribution in [2.75, 3.05) is 26.7 Å². The van der Waals surface area contributed by atoms with Crippen LogP contribution in [0.5, 0.6) is 0 Å². The molecule has 1 aliphatic rings. The number of rotatable bonds is 8. The Kier molecular flexibility index (Phi) is 6.96. The van der Waals surface area contributed by atoms with Crippen LogP contribution in [0.1, 0.15) is 66.2 Å². The number of nitrogens with two attached hydrogens (primary N) is 1. The van der Waals surface area contributed by atoms with Gasteiger partial charge in [-0.3, -0.25) is 4.90 Å². The predicted octanol–water partition coefficient (Wildman–Crippen LogP) is 3.42. The van der Waals surface area contributed by atoms with Crippen molar-refractivity contribution in [2.45, 2.75) is 77.4 Å². The molecular formula is C17H36N2O. The Morgan fingerprint density at radius 2 is 1.85 bits per heavy atom. The van der Waals surface area contributed by atoms with Crippen molar-refractivity contribution in [3.8, 4) is 0 Å². The van der Waals surface area contributed by atoms with E-state index in [9.17, 15) is 0 Å². The second-order valence-corrected chi connectivity index (χ2v) is 7.31. The lowest BCUT2D eigenvalue weighted by Gasteiger charge is -2.48. The van der Waals surface area contributed by atoms with E-state index in [4.69, 9.17) is 10.5 Å². The molecule has 0 aromatic heterocycles. The van der Waals surface area contributed by atoms with Gasteiger partial charge >= 0.3 is 0 Å². The molecular weight excluding hydrogens is 248 g/mol. The van der Waals surface area contributed by atoms with Gasteiger partial charge in [0, 0.05) is 25.7 Å². The molecule has 1 saturated carbocycles. The van der Waals surface area contributed by atoms with E-state index in [-0.39, 0.29) is 11.1 Å². The fourth-order valence-electron chi connectivity index (χ4n) is 3.31. The molecule has 1 fully saturated rings. The van der Waals surface area contributed by atoms with E-state index in [1.54, 1.807) is 0 Å². The third kappa shape index (κ3) is 4.71. The van der Waals surface area contributed by atoms with Crippen LogP contribution in [0.4, 0.5) is 0 Å². The first-order valence-electron chi connectivity index (χ1n) is 8.39. The summed E-state index contributed by atoms with van der Waals surface area (Å²) in [5.41, 5.74) is 6.42. The molecule has 0 saturated heterocycles. The summed E-state index contributed by atoms with van der Waals surface area (Å²) in [4.78, 5) is 2.67. The largest absolute Gasteiger partial charge is 0.379 e. The Morgan fingerprint density at radius 3 is 2.30 bits per heavy atom. The molecule has 3 nitrogen and oxygen atoms in total. The van der Waals surface area contributed by atoms with Crippen LogP contribution in [0, 0.1) is 5.92 Å². The lowest BCUT2D eigenvalue weighted by molar-refractivity contribution is -0.0153. The van der Waals surface area contributed by atoms with Crippen LogP contribution in [0.2, 0.25) is 0 Å². The molecule has 2 N–H and O–H groups in total. The Bertz CT molecular complexity index is 270. The maximum absolute atomic E-state index is 6.21. The van der Waals surface area contributed by atoms with Gasteiger partial charge in [-0.2, -0.15) is 0 Å². The van der Waals surface area contributed by atoms with Gasteiger partial charge in [0.25, 0.3) is 0 Å². The van der Waals surface area contributed by atoms with Crippen LogP contribution in [-0.2, 0) is 4.74 Å². The van der Waals surface area contributed by atoms with Crippen molar-refractivity contribution >= 4 is 0 Å². The summed E-state index contributed by atoms with van der Waals surface area (Å²) in [6, 6.07) is 0. The fraction of sp³-hybridized carbons (Fsp3) is 1.00. The number of ether oxygens (including phenoxy) is 1. The quantitative estimate of drug-likeness (QED) is 0.742. The summed E-state index contributed by atoms with van der Waals surface area (Å²) in [6.45, 7) is 12.0. The highest BCUT2D eigenvalue weighted by molar-refractivity contribution is 4.95. The minimum absolute atomic E-state index is 0.0380. The third-order valence-corrected chi connectivity index (χ3v) is 5.29. The van der Waals surface area contributed by atoms with Gasteiger partial charge in [-0.1, -0.05) is 13.8 Å². The smallest absolute Gasteiger partial charge is 0.0634 e. The maximum Gasteiger partial charge on any atom is 0.0634 e. The van der Waals surface area contributed by atoms with Crippen molar-refractivity contribution < 1.29 is 4.74 Å². The number of hydrogen-bond acceptors (Lipinski definition) is 3. The summed E-state index contributed by atoms with van der Waals surface area (Å²) >= 11 is 0. The molecule has 120 valence electrons. The van der Waals surface area contributed by atoms with Crippen LogP contribution >= 0.6 is 0 Å². The Labute approximate surface area is 126 Å². The van der Waals surface area contributed by atoms with Crippen molar-refractivity contribution in [1.82, 2.24) is 4.90 Å². The first-order chi connectivity index (χ1) is 9.39. The Balaban J connectivity index is 2.71. The van der Waals surface area contributed by atoms with Gasteiger partial charge < -0.3 is 10.5 Å². The van der Waals surface area contributed by atoms with Gasteiger partial charge in [-0.15, -0.1) is 0 Å². The molecule has 0 aromatic carbocycles.